The van der Waals surface area contributed by atoms with E-state index < -0.39 is 23.4 Å². The highest BCUT2D eigenvalue weighted by atomic mass is 35.5. The molecule has 0 bridgehead atoms. The zero-order valence-electron chi connectivity index (χ0n) is 23.4. The molecule has 2 amide bonds. The Balaban J connectivity index is 1.63. The first-order valence-corrected chi connectivity index (χ1v) is 13.2. The van der Waals surface area contributed by atoms with Gasteiger partial charge in [-0.05, 0) is 83.9 Å². The van der Waals surface area contributed by atoms with E-state index in [-0.39, 0.29) is 12.5 Å². The lowest BCUT2D eigenvalue weighted by Gasteiger charge is -2.22. The van der Waals surface area contributed by atoms with E-state index in [0.29, 0.717) is 11.4 Å². The Bertz CT molecular complexity index is 1510. The topological polar surface area (TPSA) is 146 Å². The summed E-state index contributed by atoms with van der Waals surface area (Å²) in [6.07, 6.45) is 0.648. The van der Waals surface area contributed by atoms with Gasteiger partial charge in [-0.3, -0.25) is 20.7 Å². The Morgan fingerprint density at radius 1 is 0.950 bits per heavy atom. The molecule has 0 radical (unpaired) electrons. The second-order valence-corrected chi connectivity index (χ2v) is 11.6. The van der Waals surface area contributed by atoms with Gasteiger partial charge in [-0.25, -0.2) is 9.59 Å². The number of aromatic nitrogens is 3. The van der Waals surface area contributed by atoms with Crippen LogP contribution in [0.25, 0.3) is 21.8 Å². The van der Waals surface area contributed by atoms with Crippen LogP contribution in [0.4, 0.5) is 21.1 Å². The molecule has 2 aromatic carbocycles. The molecule has 2 aromatic heterocycles. The number of halogens is 1. The van der Waals surface area contributed by atoms with Crippen molar-refractivity contribution in [2.75, 3.05) is 11.9 Å². The Morgan fingerprint density at radius 3 is 2.23 bits per heavy atom. The van der Waals surface area contributed by atoms with Gasteiger partial charge in [0.15, 0.2) is 0 Å². The summed E-state index contributed by atoms with van der Waals surface area (Å²) >= 11 is 6.30. The average Bonchev–Trinajstić information content (AvgIpc) is 3.44. The van der Waals surface area contributed by atoms with Crippen molar-refractivity contribution >= 4 is 63.1 Å². The Labute approximate surface area is 237 Å². The maximum absolute atomic E-state index is 12.4. The van der Waals surface area contributed by atoms with Crippen molar-refractivity contribution in [3.05, 3.63) is 53.2 Å². The summed E-state index contributed by atoms with van der Waals surface area (Å²) in [4.78, 5) is 32.8. The number of H-pyrrole nitrogens is 2. The Hall–Kier alpha value is -4.25. The molecule has 0 saturated heterocycles. The third-order valence-corrected chi connectivity index (χ3v) is 5.66. The molecule has 0 atom stereocenters. The summed E-state index contributed by atoms with van der Waals surface area (Å²) in [5.41, 5.74) is 2.23. The number of nitrogens with zero attached hydrogens (tertiary/aromatic N) is 2. The number of nitrogens with one attached hydrogen (secondary N) is 5. The average molecular weight is 568 g/mol. The SMILES string of the molecule is CC(C)(C)OC(=O)NC(=NCCc1cc(Nc2ccn[nH]2)cc2c1[nH]c1ccc(Cl)cc12)NC(=O)OC(C)(C)C. The minimum atomic E-state index is -0.747. The fourth-order valence-electron chi connectivity index (χ4n) is 3.99. The molecule has 5 N–H and O–H groups in total. The van der Waals surface area contributed by atoms with Crippen LogP contribution in [0.2, 0.25) is 5.02 Å². The van der Waals surface area contributed by atoms with Crippen LogP contribution in [0, 0.1) is 0 Å². The van der Waals surface area contributed by atoms with Gasteiger partial charge in [-0.2, -0.15) is 5.10 Å². The van der Waals surface area contributed by atoms with Gasteiger partial charge in [0.25, 0.3) is 0 Å². The predicted molar refractivity (Wildman–Crippen MR) is 157 cm³/mol. The van der Waals surface area contributed by atoms with Crippen LogP contribution in [0.1, 0.15) is 47.1 Å². The third kappa shape index (κ3) is 7.89. The second kappa shape index (κ2) is 11.5. The molecule has 4 aromatic rings. The van der Waals surface area contributed by atoms with Crippen molar-refractivity contribution < 1.29 is 19.1 Å². The number of aliphatic imine (C=N–C) groups is 1. The number of hydrogen-bond acceptors (Lipinski definition) is 7. The van der Waals surface area contributed by atoms with Crippen molar-refractivity contribution in [2.24, 2.45) is 4.99 Å². The second-order valence-electron chi connectivity index (χ2n) is 11.2. The summed E-state index contributed by atoms with van der Waals surface area (Å²) in [6, 6.07) is 11.6. The maximum atomic E-state index is 12.4. The number of hydrogen-bond donors (Lipinski definition) is 5. The molecule has 212 valence electrons. The smallest absolute Gasteiger partial charge is 0.414 e. The minimum Gasteiger partial charge on any atom is -0.444 e. The maximum Gasteiger partial charge on any atom is 0.414 e. The normalized spacial score (nSPS) is 11.8. The van der Waals surface area contributed by atoms with Crippen LogP contribution in [-0.2, 0) is 15.9 Å². The van der Waals surface area contributed by atoms with Gasteiger partial charge in [0, 0.05) is 45.1 Å². The standard InChI is InChI=1S/C28H34ClN7O4/c1-27(2,3)39-25(37)34-24(35-26(38)40-28(4,5)6)30-11-9-16-13-18(32-22-10-12-31-36-22)15-20-19-14-17(29)7-8-21(19)33-23(16)20/h7-8,10,12-15,33H,9,11H2,1-6H3,(H2,31,32,36)(H2,30,34,35,37,38). The van der Waals surface area contributed by atoms with Crippen molar-refractivity contribution in [1.82, 2.24) is 25.8 Å². The van der Waals surface area contributed by atoms with Gasteiger partial charge < -0.3 is 19.8 Å². The molecule has 0 spiro atoms. The molecule has 0 fully saturated rings. The van der Waals surface area contributed by atoms with Crippen molar-refractivity contribution in [3.63, 3.8) is 0 Å². The Kier molecular flexibility index (Phi) is 8.24. The molecule has 0 aliphatic heterocycles. The molecule has 12 heteroatoms. The van der Waals surface area contributed by atoms with Gasteiger partial charge in [-0.15, -0.1) is 0 Å². The van der Waals surface area contributed by atoms with Crippen molar-refractivity contribution in [3.8, 4) is 0 Å². The number of carbonyl (C=O) groups excluding carboxylic acids is 2. The molecule has 0 aliphatic carbocycles. The van der Waals surface area contributed by atoms with Gasteiger partial charge in [0.2, 0.25) is 5.96 Å². The first-order chi connectivity index (χ1) is 18.8. The summed E-state index contributed by atoms with van der Waals surface area (Å²) < 4.78 is 10.7. The van der Waals surface area contributed by atoms with Crippen LogP contribution in [0.5, 0.6) is 0 Å². The summed E-state index contributed by atoms with van der Waals surface area (Å²) in [5, 5.41) is 17.9. The number of amides is 2. The number of carbonyl (C=O) groups is 2. The predicted octanol–water partition coefficient (Wildman–Crippen LogP) is 6.39. The van der Waals surface area contributed by atoms with E-state index >= 15 is 0 Å². The number of alkyl carbamates (subject to hydrolysis) is 2. The Morgan fingerprint density at radius 2 is 1.62 bits per heavy atom. The van der Waals surface area contributed by atoms with Crippen LogP contribution in [0.15, 0.2) is 47.6 Å². The van der Waals surface area contributed by atoms with E-state index in [1.807, 2.05) is 36.4 Å². The van der Waals surface area contributed by atoms with Crippen LogP contribution < -0.4 is 16.0 Å². The fraction of sp³-hybridized carbons (Fsp3) is 0.357. The number of ether oxygens (including phenoxy) is 2. The van der Waals surface area contributed by atoms with Crippen LogP contribution in [-0.4, -0.2) is 51.1 Å². The summed E-state index contributed by atoms with van der Waals surface area (Å²) in [5.74, 6) is 0.668. The monoisotopic (exact) mass is 567 g/mol. The number of guanidine groups is 1. The van der Waals surface area contributed by atoms with E-state index in [0.717, 1.165) is 38.9 Å². The van der Waals surface area contributed by atoms with Crippen LogP contribution in [0.3, 0.4) is 0 Å². The zero-order valence-corrected chi connectivity index (χ0v) is 24.1. The lowest BCUT2D eigenvalue weighted by atomic mass is 10.0. The summed E-state index contributed by atoms with van der Waals surface area (Å²) in [7, 11) is 0. The highest BCUT2D eigenvalue weighted by molar-refractivity contribution is 6.31. The zero-order chi connectivity index (χ0) is 29.1. The van der Waals surface area contributed by atoms with E-state index in [2.05, 4.69) is 36.1 Å². The number of anilines is 2. The van der Waals surface area contributed by atoms with Gasteiger partial charge >= 0.3 is 12.2 Å². The molecule has 0 saturated carbocycles. The number of rotatable bonds is 5. The fourth-order valence-corrected chi connectivity index (χ4v) is 4.17. The van der Waals surface area contributed by atoms with E-state index in [9.17, 15) is 9.59 Å². The molecule has 2 heterocycles. The molecule has 0 unspecified atom stereocenters. The lowest BCUT2D eigenvalue weighted by molar-refractivity contribution is 0.0545. The number of aromatic amines is 2. The highest BCUT2D eigenvalue weighted by Gasteiger charge is 2.21. The molecule has 11 nitrogen and oxygen atoms in total. The van der Waals surface area contributed by atoms with Gasteiger partial charge in [0.1, 0.15) is 17.0 Å². The van der Waals surface area contributed by atoms with E-state index in [1.165, 1.54) is 0 Å². The molecule has 40 heavy (non-hydrogen) atoms. The van der Waals surface area contributed by atoms with Crippen LogP contribution >= 0.6 is 11.6 Å². The highest BCUT2D eigenvalue weighted by Crippen LogP contribution is 2.33. The third-order valence-electron chi connectivity index (χ3n) is 5.42. The molecular formula is C28H34ClN7O4. The quantitative estimate of drug-likeness (QED) is 0.139. The summed E-state index contributed by atoms with van der Waals surface area (Å²) in [6.45, 7) is 10.7. The largest absolute Gasteiger partial charge is 0.444 e. The molecular weight excluding hydrogens is 534 g/mol. The van der Waals surface area contributed by atoms with E-state index in [4.69, 9.17) is 21.1 Å². The van der Waals surface area contributed by atoms with E-state index in [1.54, 1.807) is 47.7 Å². The first-order valence-electron chi connectivity index (χ1n) is 12.8. The number of fused-ring (bicyclic) bond motifs is 3. The van der Waals surface area contributed by atoms with Crippen molar-refractivity contribution in [2.45, 2.75) is 59.2 Å². The minimum absolute atomic E-state index is 0.0742. The van der Waals surface area contributed by atoms with Crippen molar-refractivity contribution in [1.29, 1.82) is 0 Å². The molecule has 4 rings (SSSR count). The number of benzene rings is 2. The lowest BCUT2D eigenvalue weighted by Crippen LogP contribution is -2.47. The first kappa shape index (κ1) is 28.8. The molecule has 0 aliphatic rings. The van der Waals surface area contributed by atoms with Gasteiger partial charge in [-0.1, -0.05) is 11.6 Å². The van der Waals surface area contributed by atoms with Gasteiger partial charge in [0.05, 0.1) is 6.20 Å².